The minimum Gasteiger partial charge on any atom is -0.462 e. The third kappa shape index (κ3) is 3.40. The average molecular weight is 346 g/mol. The Morgan fingerprint density at radius 3 is 2.48 bits per heavy atom. The van der Waals surface area contributed by atoms with Gasteiger partial charge in [-0.2, -0.15) is 0 Å². The van der Waals surface area contributed by atoms with E-state index in [9.17, 15) is 18.8 Å². The number of hydrogen-bond acceptors (Lipinski definition) is 4. The van der Waals surface area contributed by atoms with Crippen LogP contribution in [0.25, 0.3) is 5.69 Å². The predicted molar refractivity (Wildman–Crippen MR) is 89.6 cm³/mol. The fourth-order valence-corrected chi connectivity index (χ4v) is 2.85. The van der Waals surface area contributed by atoms with Gasteiger partial charge in [-0.25, -0.2) is 18.5 Å². The first-order valence-electron chi connectivity index (χ1n) is 8.30. The molecule has 1 aliphatic rings. The van der Waals surface area contributed by atoms with Gasteiger partial charge in [-0.15, -0.1) is 0 Å². The van der Waals surface area contributed by atoms with E-state index < -0.39 is 23.0 Å². The number of halogens is 1. The highest BCUT2D eigenvalue weighted by atomic mass is 19.1. The summed E-state index contributed by atoms with van der Waals surface area (Å²) >= 11 is 0. The summed E-state index contributed by atoms with van der Waals surface area (Å²) in [6.45, 7) is 2.20. The summed E-state index contributed by atoms with van der Waals surface area (Å²) in [6, 6.07) is 4.99. The van der Waals surface area contributed by atoms with Gasteiger partial charge in [0.2, 0.25) is 0 Å². The van der Waals surface area contributed by atoms with Crippen LogP contribution in [0.4, 0.5) is 4.39 Å². The SMILES string of the molecule is CCOC(=O)c1cn(CC2CCC2)c(=O)n(-c2ccc(F)cc2)c1=O. The highest BCUT2D eigenvalue weighted by Crippen LogP contribution is 2.27. The molecule has 132 valence electrons. The maximum Gasteiger partial charge on any atom is 0.345 e. The molecule has 0 N–H and O–H groups in total. The van der Waals surface area contributed by atoms with Gasteiger partial charge in [-0.3, -0.25) is 9.36 Å². The van der Waals surface area contributed by atoms with Gasteiger partial charge in [0.05, 0.1) is 12.3 Å². The van der Waals surface area contributed by atoms with Crippen LogP contribution < -0.4 is 11.2 Å². The van der Waals surface area contributed by atoms with Crippen LogP contribution in [-0.4, -0.2) is 21.7 Å². The molecule has 0 unspecified atom stereocenters. The molecule has 0 amide bonds. The van der Waals surface area contributed by atoms with E-state index in [0.717, 1.165) is 36.0 Å². The van der Waals surface area contributed by atoms with Gasteiger partial charge >= 0.3 is 11.7 Å². The predicted octanol–water partition coefficient (Wildman–Crippen LogP) is 2.12. The molecular weight excluding hydrogens is 327 g/mol. The van der Waals surface area contributed by atoms with Crippen LogP contribution in [0.15, 0.2) is 40.1 Å². The fraction of sp³-hybridized carbons (Fsp3) is 0.389. The van der Waals surface area contributed by atoms with Crippen molar-refractivity contribution in [1.82, 2.24) is 9.13 Å². The monoisotopic (exact) mass is 346 g/mol. The molecule has 1 aromatic carbocycles. The first-order valence-corrected chi connectivity index (χ1v) is 8.30. The van der Waals surface area contributed by atoms with E-state index >= 15 is 0 Å². The van der Waals surface area contributed by atoms with E-state index in [0.29, 0.717) is 12.5 Å². The maximum absolute atomic E-state index is 13.2. The molecule has 1 aliphatic carbocycles. The molecule has 1 aromatic heterocycles. The largest absolute Gasteiger partial charge is 0.462 e. The zero-order valence-corrected chi connectivity index (χ0v) is 13.9. The van der Waals surface area contributed by atoms with Gasteiger partial charge in [0, 0.05) is 12.7 Å². The first-order chi connectivity index (χ1) is 12.0. The van der Waals surface area contributed by atoms with Crippen LogP contribution in [0.5, 0.6) is 0 Å². The van der Waals surface area contributed by atoms with Crippen LogP contribution in [0, 0.1) is 11.7 Å². The van der Waals surface area contributed by atoms with Crippen molar-refractivity contribution >= 4 is 5.97 Å². The van der Waals surface area contributed by atoms with Gasteiger partial charge in [-0.1, -0.05) is 6.42 Å². The molecule has 6 nitrogen and oxygen atoms in total. The van der Waals surface area contributed by atoms with Crippen molar-refractivity contribution in [2.24, 2.45) is 5.92 Å². The number of rotatable bonds is 5. The lowest BCUT2D eigenvalue weighted by Crippen LogP contribution is -2.42. The quantitative estimate of drug-likeness (QED) is 0.778. The lowest BCUT2D eigenvalue weighted by Gasteiger charge is -2.26. The number of carbonyl (C=O) groups excluding carboxylic acids is 1. The number of nitrogens with zero attached hydrogens (tertiary/aromatic N) is 2. The highest BCUT2D eigenvalue weighted by Gasteiger charge is 2.23. The van der Waals surface area contributed by atoms with Gasteiger partial charge in [0.1, 0.15) is 11.4 Å². The summed E-state index contributed by atoms with van der Waals surface area (Å²) in [5.41, 5.74) is -1.30. The summed E-state index contributed by atoms with van der Waals surface area (Å²) in [4.78, 5) is 37.6. The van der Waals surface area contributed by atoms with Crippen LogP contribution in [0.3, 0.4) is 0 Å². The lowest BCUT2D eigenvalue weighted by atomic mass is 9.85. The first kappa shape index (κ1) is 17.1. The second kappa shape index (κ2) is 7.04. The summed E-state index contributed by atoms with van der Waals surface area (Å²) < 4.78 is 20.4. The molecule has 25 heavy (non-hydrogen) atoms. The van der Waals surface area contributed by atoms with Gasteiger partial charge in [-0.05, 0) is 49.9 Å². The standard InChI is InChI=1S/C18H19FN2O4/c1-2-25-17(23)15-11-20(10-12-4-3-5-12)18(24)21(16(15)22)14-8-6-13(19)7-9-14/h6-9,11-12H,2-5,10H2,1H3. The molecule has 0 aliphatic heterocycles. The molecule has 0 atom stereocenters. The minimum absolute atomic E-state index is 0.122. The van der Waals surface area contributed by atoms with Crippen molar-refractivity contribution < 1.29 is 13.9 Å². The zero-order valence-electron chi connectivity index (χ0n) is 13.9. The smallest absolute Gasteiger partial charge is 0.345 e. The Kier molecular flexibility index (Phi) is 4.83. The van der Waals surface area contributed by atoms with Crippen molar-refractivity contribution in [2.75, 3.05) is 6.61 Å². The molecule has 1 saturated carbocycles. The van der Waals surface area contributed by atoms with E-state index in [4.69, 9.17) is 4.74 Å². The van der Waals surface area contributed by atoms with Crippen LogP contribution in [-0.2, 0) is 11.3 Å². The topological polar surface area (TPSA) is 70.3 Å². The third-order valence-electron chi connectivity index (χ3n) is 4.42. The lowest BCUT2D eigenvalue weighted by molar-refractivity contribution is 0.0522. The summed E-state index contributed by atoms with van der Waals surface area (Å²) in [5.74, 6) is -0.897. The molecule has 1 heterocycles. The number of benzene rings is 1. The molecule has 0 saturated heterocycles. The Balaban J connectivity index is 2.16. The van der Waals surface area contributed by atoms with Crippen molar-refractivity contribution in [3.63, 3.8) is 0 Å². The van der Waals surface area contributed by atoms with Gasteiger partial charge < -0.3 is 4.74 Å². The minimum atomic E-state index is -0.772. The number of carbonyl (C=O) groups is 1. The Hall–Kier alpha value is -2.70. The van der Waals surface area contributed by atoms with E-state index in [1.165, 1.54) is 22.9 Å². The Labute approximate surface area is 143 Å². The third-order valence-corrected chi connectivity index (χ3v) is 4.42. The number of esters is 1. The van der Waals surface area contributed by atoms with E-state index in [1.807, 2.05) is 0 Å². The summed E-state index contributed by atoms with van der Waals surface area (Å²) in [7, 11) is 0. The second-order valence-electron chi connectivity index (χ2n) is 6.11. The highest BCUT2D eigenvalue weighted by molar-refractivity contribution is 5.88. The number of ether oxygens (including phenoxy) is 1. The van der Waals surface area contributed by atoms with Crippen molar-refractivity contribution in [3.05, 3.63) is 62.7 Å². The van der Waals surface area contributed by atoms with E-state index in [2.05, 4.69) is 0 Å². The Bertz CT molecular complexity index is 895. The summed E-state index contributed by atoms with van der Waals surface area (Å²) in [5, 5.41) is 0. The van der Waals surface area contributed by atoms with Gasteiger partial charge in [0.25, 0.3) is 5.56 Å². The van der Waals surface area contributed by atoms with Crippen molar-refractivity contribution in [1.29, 1.82) is 0 Å². The average Bonchev–Trinajstić information content (AvgIpc) is 2.54. The molecule has 3 rings (SSSR count). The molecule has 2 aromatic rings. The van der Waals surface area contributed by atoms with Crippen LogP contribution in [0.2, 0.25) is 0 Å². The Morgan fingerprint density at radius 2 is 1.92 bits per heavy atom. The fourth-order valence-electron chi connectivity index (χ4n) is 2.85. The molecule has 0 bridgehead atoms. The second-order valence-corrected chi connectivity index (χ2v) is 6.11. The Morgan fingerprint density at radius 1 is 1.24 bits per heavy atom. The van der Waals surface area contributed by atoms with E-state index in [-0.39, 0.29) is 17.9 Å². The van der Waals surface area contributed by atoms with Crippen LogP contribution >= 0.6 is 0 Å². The zero-order chi connectivity index (χ0) is 18.0. The number of aromatic nitrogens is 2. The van der Waals surface area contributed by atoms with Crippen LogP contribution in [0.1, 0.15) is 36.5 Å². The maximum atomic E-state index is 13.2. The molecular formula is C18H19FN2O4. The molecule has 0 radical (unpaired) electrons. The van der Waals surface area contributed by atoms with E-state index in [1.54, 1.807) is 6.92 Å². The molecule has 7 heteroatoms. The van der Waals surface area contributed by atoms with Gasteiger partial charge in [0.15, 0.2) is 0 Å². The summed E-state index contributed by atoms with van der Waals surface area (Å²) in [6.07, 6.45) is 4.41. The van der Waals surface area contributed by atoms with Crippen molar-refractivity contribution in [3.8, 4) is 5.69 Å². The molecule has 1 fully saturated rings. The normalized spacial score (nSPS) is 14.2. The molecule has 0 spiro atoms. The number of hydrogen-bond donors (Lipinski definition) is 0. The van der Waals surface area contributed by atoms with Crippen molar-refractivity contribution in [2.45, 2.75) is 32.7 Å².